The molecule has 0 aliphatic carbocycles. The van der Waals surface area contributed by atoms with Crippen LogP contribution in [0.3, 0.4) is 0 Å². The van der Waals surface area contributed by atoms with E-state index < -0.39 is 30.2 Å². The summed E-state index contributed by atoms with van der Waals surface area (Å²) in [7, 11) is 1.50. The van der Waals surface area contributed by atoms with E-state index in [0.29, 0.717) is 27.8 Å². The van der Waals surface area contributed by atoms with Gasteiger partial charge in [-0.05, 0) is 50.1 Å². The van der Waals surface area contributed by atoms with Crippen molar-refractivity contribution in [2.24, 2.45) is 0 Å². The monoisotopic (exact) mass is 475 g/mol. The van der Waals surface area contributed by atoms with Crippen LogP contribution in [0.5, 0.6) is 11.5 Å². The zero-order valence-electron chi connectivity index (χ0n) is 18.7. The highest BCUT2D eigenvalue weighted by molar-refractivity contribution is 5.96. The predicted octanol–water partition coefficient (Wildman–Crippen LogP) is 4.21. The van der Waals surface area contributed by atoms with Gasteiger partial charge in [-0.3, -0.25) is 9.59 Å². The SMILES string of the molecule is COc1ccc2c(C)c(CCC(=O)OC(C)C(=O)Nc3ccccc3OC(F)F)c(=O)oc2c1. The quantitative estimate of drug-likeness (QED) is 0.365. The Labute approximate surface area is 193 Å². The Morgan fingerprint density at radius 2 is 1.88 bits per heavy atom. The summed E-state index contributed by atoms with van der Waals surface area (Å²) in [5.74, 6) is -1.12. The summed E-state index contributed by atoms with van der Waals surface area (Å²) in [5, 5.41) is 3.10. The van der Waals surface area contributed by atoms with E-state index in [0.717, 1.165) is 0 Å². The molecule has 0 bridgehead atoms. The molecule has 1 amide bonds. The molecule has 3 aromatic rings. The van der Waals surface area contributed by atoms with Crippen molar-refractivity contribution >= 4 is 28.5 Å². The van der Waals surface area contributed by atoms with Gasteiger partial charge < -0.3 is 23.9 Å². The number of hydrogen-bond donors (Lipinski definition) is 1. The van der Waals surface area contributed by atoms with Crippen LogP contribution in [-0.4, -0.2) is 31.7 Å². The van der Waals surface area contributed by atoms with Gasteiger partial charge in [-0.2, -0.15) is 8.78 Å². The molecule has 0 fully saturated rings. The highest BCUT2D eigenvalue weighted by Crippen LogP contribution is 2.26. The molecule has 1 atom stereocenters. The summed E-state index contributed by atoms with van der Waals surface area (Å²) in [4.78, 5) is 37.1. The third-order valence-electron chi connectivity index (χ3n) is 5.11. The van der Waals surface area contributed by atoms with Gasteiger partial charge in [-0.1, -0.05) is 12.1 Å². The Balaban J connectivity index is 1.62. The molecule has 1 aromatic heterocycles. The van der Waals surface area contributed by atoms with Crippen LogP contribution >= 0.6 is 0 Å². The van der Waals surface area contributed by atoms with Gasteiger partial charge in [0.1, 0.15) is 17.1 Å². The highest BCUT2D eigenvalue weighted by atomic mass is 19.3. The van der Waals surface area contributed by atoms with Gasteiger partial charge in [0.25, 0.3) is 5.91 Å². The van der Waals surface area contributed by atoms with E-state index in [1.807, 2.05) is 0 Å². The van der Waals surface area contributed by atoms with Crippen LogP contribution in [0.4, 0.5) is 14.5 Å². The molecule has 0 saturated carbocycles. The Morgan fingerprint density at radius 1 is 1.15 bits per heavy atom. The summed E-state index contributed by atoms with van der Waals surface area (Å²) in [5.41, 5.74) is 0.798. The lowest BCUT2D eigenvalue weighted by molar-refractivity contribution is -0.153. The zero-order valence-corrected chi connectivity index (χ0v) is 18.7. The smallest absolute Gasteiger partial charge is 0.387 e. The van der Waals surface area contributed by atoms with Crippen molar-refractivity contribution in [3.05, 3.63) is 64.0 Å². The van der Waals surface area contributed by atoms with E-state index in [2.05, 4.69) is 10.1 Å². The number of nitrogens with one attached hydrogen (secondary N) is 1. The molecule has 0 radical (unpaired) electrons. The van der Waals surface area contributed by atoms with Gasteiger partial charge in [0.15, 0.2) is 6.10 Å². The summed E-state index contributed by atoms with van der Waals surface area (Å²) in [6.45, 7) is 0.0281. The van der Waals surface area contributed by atoms with Gasteiger partial charge in [0.2, 0.25) is 0 Å². The van der Waals surface area contributed by atoms with Crippen molar-refractivity contribution in [3.63, 3.8) is 0 Å². The molecule has 2 aromatic carbocycles. The predicted molar refractivity (Wildman–Crippen MR) is 119 cm³/mol. The van der Waals surface area contributed by atoms with Crippen molar-refractivity contribution in [1.82, 2.24) is 0 Å². The first-order valence-electron chi connectivity index (χ1n) is 10.3. The molecule has 0 spiro atoms. The van der Waals surface area contributed by atoms with Crippen LogP contribution < -0.4 is 20.4 Å². The highest BCUT2D eigenvalue weighted by Gasteiger charge is 2.21. The van der Waals surface area contributed by atoms with Crippen LogP contribution in [0.1, 0.15) is 24.5 Å². The number of esters is 1. The Hall–Kier alpha value is -3.95. The van der Waals surface area contributed by atoms with E-state index in [4.69, 9.17) is 13.9 Å². The molecule has 1 N–H and O–H groups in total. The maximum Gasteiger partial charge on any atom is 0.387 e. The van der Waals surface area contributed by atoms with Crippen LogP contribution in [0.2, 0.25) is 0 Å². The second-order valence-electron chi connectivity index (χ2n) is 7.35. The van der Waals surface area contributed by atoms with Gasteiger partial charge in [0.05, 0.1) is 12.8 Å². The number of fused-ring (bicyclic) bond motifs is 1. The second kappa shape index (κ2) is 10.8. The number of alkyl halides is 2. The number of para-hydroxylation sites is 2. The van der Waals surface area contributed by atoms with Crippen LogP contribution in [0, 0.1) is 6.92 Å². The molecule has 0 aliphatic rings. The minimum Gasteiger partial charge on any atom is -0.497 e. The second-order valence-corrected chi connectivity index (χ2v) is 7.35. The van der Waals surface area contributed by atoms with Gasteiger partial charge in [-0.25, -0.2) is 4.79 Å². The molecule has 34 heavy (non-hydrogen) atoms. The van der Waals surface area contributed by atoms with Gasteiger partial charge in [0, 0.05) is 23.4 Å². The average Bonchev–Trinajstić information content (AvgIpc) is 2.79. The minimum absolute atomic E-state index is 0.0109. The summed E-state index contributed by atoms with van der Waals surface area (Å²) < 4.78 is 45.0. The Bertz CT molecular complexity index is 1260. The number of anilines is 1. The maximum atomic E-state index is 12.5. The fourth-order valence-electron chi connectivity index (χ4n) is 3.33. The molecule has 0 aliphatic heterocycles. The molecule has 1 unspecified atom stereocenters. The maximum absolute atomic E-state index is 12.5. The first kappa shape index (κ1) is 24.7. The Morgan fingerprint density at radius 3 is 2.59 bits per heavy atom. The zero-order chi connectivity index (χ0) is 24.8. The number of methoxy groups -OCH3 is 1. The van der Waals surface area contributed by atoms with E-state index in [1.54, 1.807) is 25.1 Å². The minimum atomic E-state index is -3.06. The first-order valence-corrected chi connectivity index (χ1v) is 10.3. The molecule has 180 valence electrons. The summed E-state index contributed by atoms with van der Waals surface area (Å²) in [6, 6.07) is 10.7. The van der Waals surface area contributed by atoms with Crippen molar-refractivity contribution in [2.75, 3.05) is 12.4 Å². The summed E-state index contributed by atoms with van der Waals surface area (Å²) in [6.07, 6.45) is -1.33. The lowest BCUT2D eigenvalue weighted by Gasteiger charge is -2.16. The van der Waals surface area contributed by atoms with Crippen molar-refractivity contribution < 1.29 is 37.0 Å². The number of ether oxygens (including phenoxy) is 3. The van der Waals surface area contributed by atoms with Gasteiger partial charge >= 0.3 is 18.2 Å². The van der Waals surface area contributed by atoms with Crippen LogP contribution in [0.25, 0.3) is 11.0 Å². The van der Waals surface area contributed by atoms with Crippen molar-refractivity contribution in [3.8, 4) is 11.5 Å². The number of amides is 1. The Kier molecular flexibility index (Phi) is 7.83. The number of rotatable bonds is 9. The summed E-state index contributed by atoms with van der Waals surface area (Å²) >= 11 is 0. The van der Waals surface area contributed by atoms with Crippen LogP contribution in [-0.2, 0) is 20.7 Å². The molecule has 1 heterocycles. The number of aryl methyl sites for hydroxylation is 1. The third kappa shape index (κ3) is 5.89. The number of carbonyl (C=O) groups is 2. The largest absolute Gasteiger partial charge is 0.497 e. The standard InChI is InChI=1S/C24H23F2NO7/c1-13-16-9-8-15(31-3)12-20(16)33-23(30)17(13)10-11-21(28)32-14(2)22(29)27-18-6-4-5-7-19(18)34-24(25)26/h4-9,12,14,24H,10-11H2,1-3H3,(H,27,29). The van der Waals surface area contributed by atoms with E-state index in [1.165, 1.54) is 38.3 Å². The number of carbonyl (C=O) groups excluding carboxylic acids is 2. The normalized spacial score (nSPS) is 11.8. The molecule has 10 heteroatoms. The van der Waals surface area contributed by atoms with E-state index >= 15 is 0 Å². The fraction of sp³-hybridized carbons (Fsp3) is 0.292. The number of hydrogen-bond acceptors (Lipinski definition) is 7. The molecule has 8 nitrogen and oxygen atoms in total. The topological polar surface area (TPSA) is 104 Å². The first-order chi connectivity index (χ1) is 16.2. The number of halogens is 2. The fourth-order valence-corrected chi connectivity index (χ4v) is 3.33. The lowest BCUT2D eigenvalue weighted by atomic mass is 10.0. The number of benzene rings is 2. The van der Waals surface area contributed by atoms with Crippen molar-refractivity contribution in [2.45, 2.75) is 39.4 Å². The van der Waals surface area contributed by atoms with Crippen molar-refractivity contribution in [1.29, 1.82) is 0 Å². The molecule has 3 rings (SSSR count). The third-order valence-corrected chi connectivity index (χ3v) is 5.11. The van der Waals surface area contributed by atoms with E-state index in [9.17, 15) is 23.2 Å². The molecular weight excluding hydrogens is 452 g/mol. The van der Waals surface area contributed by atoms with Gasteiger partial charge in [-0.15, -0.1) is 0 Å². The average molecular weight is 475 g/mol. The van der Waals surface area contributed by atoms with E-state index in [-0.39, 0.29) is 24.3 Å². The van der Waals surface area contributed by atoms with Crippen LogP contribution in [0.15, 0.2) is 51.7 Å². The lowest BCUT2D eigenvalue weighted by Crippen LogP contribution is -2.30. The molecular formula is C24H23F2NO7. The molecule has 0 saturated heterocycles.